The van der Waals surface area contributed by atoms with E-state index in [4.69, 9.17) is 9.72 Å². The van der Waals surface area contributed by atoms with Crippen LogP contribution in [0.1, 0.15) is 37.1 Å². The summed E-state index contributed by atoms with van der Waals surface area (Å²) in [7, 11) is 1.69. The largest absolute Gasteiger partial charge is 0.497 e. The summed E-state index contributed by atoms with van der Waals surface area (Å²) >= 11 is 0. The van der Waals surface area contributed by atoms with Crippen LogP contribution in [0.2, 0.25) is 0 Å². The molecule has 38 heavy (non-hydrogen) atoms. The molecule has 1 saturated heterocycles. The quantitative estimate of drug-likeness (QED) is 0.307. The Kier molecular flexibility index (Phi) is 7.52. The van der Waals surface area contributed by atoms with Gasteiger partial charge in [-0.1, -0.05) is 37.6 Å². The first-order chi connectivity index (χ1) is 18.3. The third-order valence-corrected chi connectivity index (χ3v) is 7.47. The number of amides is 1. The van der Waals surface area contributed by atoms with Crippen LogP contribution in [0.5, 0.6) is 5.75 Å². The summed E-state index contributed by atoms with van der Waals surface area (Å²) in [6.45, 7) is 12.5. The van der Waals surface area contributed by atoms with Crippen molar-refractivity contribution in [1.82, 2.24) is 19.2 Å². The summed E-state index contributed by atoms with van der Waals surface area (Å²) in [6.07, 6.45) is 2.85. The summed E-state index contributed by atoms with van der Waals surface area (Å²) in [5.41, 5.74) is 9.10. The van der Waals surface area contributed by atoms with Crippen molar-refractivity contribution in [3.05, 3.63) is 77.6 Å². The molecule has 1 fully saturated rings. The van der Waals surface area contributed by atoms with E-state index in [2.05, 4.69) is 85.7 Å². The highest BCUT2D eigenvalue weighted by molar-refractivity contribution is 5.76. The zero-order valence-electron chi connectivity index (χ0n) is 23.2. The van der Waals surface area contributed by atoms with Crippen LogP contribution in [0.3, 0.4) is 0 Å². The van der Waals surface area contributed by atoms with Gasteiger partial charge in [-0.15, -0.1) is 0 Å². The Morgan fingerprint density at radius 2 is 1.66 bits per heavy atom. The molecule has 5 rings (SSSR count). The molecule has 3 heterocycles. The summed E-state index contributed by atoms with van der Waals surface area (Å²) < 4.78 is 7.65. The SMILES string of the molecule is COc1ccc(-c2nc3ccc(-c4cc(C)ccc4C)cn3c2CN2CCN(C(=O)CC(C)C)CC2)cc1. The van der Waals surface area contributed by atoms with Gasteiger partial charge in [0.15, 0.2) is 0 Å². The fourth-order valence-electron chi connectivity index (χ4n) is 5.28. The molecule has 4 aromatic rings. The lowest BCUT2D eigenvalue weighted by Crippen LogP contribution is -2.48. The lowest BCUT2D eigenvalue weighted by atomic mass is 10.00. The molecule has 1 amide bonds. The van der Waals surface area contributed by atoms with Gasteiger partial charge in [0, 0.05) is 50.9 Å². The van der Waals surface area contributed by atoms with Crippen molar-refractivity contribution in [2.75, 3.05) is 33.3 Å². The van der Waals surface area contributed by atoms with Crippen molar-refractivity contribution in [1.29, 1.82) is 0 Å². The van der Waals surface area contributed by atoms with Crippen LogP contribution in [0.25, 0.3) is 28.0 Å². The fourth-order valence-corrected chi connectivity index (χ4v) is 5.28. The molecule has 6 nitrogen and oxygen atoms in total. The highest BCUT2D eigenvalue weighted by Gasteiger charge is 2.24. The summed E-state index contributed by atoms with van der Waals surface area (Å²) in [6, 6.07) is 19.0. The van der Waals surface area contributed by atoms with E-state index in [0.717, 1.165) is 55.4 Å². The van der Waals surface area contributed by atoms with E-state index in [1.165, 1.54) is 27.9 Å². The van der Waals surface area contributed by atoms with Crippen LogP contribution in [-0.2, 0) is 11.3 Å². The lowest BCUT2D eigenvalue weighted by molar-refractivity contribution is -0.133. The number of aryl methyl sites for hydroxylation is 2. The molecule has 0 N–H and O–H groups in total. The van der Waals surface area contributed by atoms with Gasteiger partial charge in [0.2, 0.25) is 5.91 Å². The van der Waals surface area contributed by atoms with Gasteiger partial charge in [-0.3, -0.25) is 9.69 Å². The van der Waals surface area contributed by atoms with Crippen LogP contribution in [0.15, 0.2) is 60.8 Å². The molecule has 2 aromatic carbocycles. The number of fused-ring (bicyclic) bond motifs is 1. The van der Waals surface area contributed by atoms with Gasteiger partial charge in [0.1, 0.15) is 11.4 Å². The number of imidazole rings is 1. The molecule has 6 heteroatoms. The monoisotopic (exact) mass is 510 g/mol. The number of ether oxygens (including phenoxy) is 1. The van der Waals surface area contributed by atoms with Crippen molar-refractivity contribution >= 4 is 11.6 Å². The van der Waals surface area contributed by atoms with Gasteiger partial charge in [0.05, 0.1) is 18.5 Å². The summed E-state index contributed by atoms with van der Waals surface area (Å²) in [5.74, 6) is 1.49. The normalized spacial score (nSPS) is 14.4. The molecule has 198 valence electrons. The second-order valence-corrected chi connectivity index (χ2v) is 10.9. The first-order valence-electron chi connectivity index (χ1n) is 13.6. The average molecular weight is 511 g/mol. The standard InChI is InChI=1S/C32H38N4O2/c1-22(2)18-31(37)35-16-14-34(15-17-35)21-29-32(25-8-11-27(38-5)12-9-25)33-30-13-10-26(20-36(29)30)28-19-23(3)6-7-24(28)4/h6-13,19-20,22H,14-18,21H2,1-5H3. The minimum atomic E-state index is 0.270. The molecule has 0 spiro atoms. The number of piperazine rings is 1. The van der Waals surface area contributed by atoms with Crippen LogP contribution in [0.4, 0.5) is 0 Å². The predicted octanol–water partition coefficient (Wildman–Crippen LogP) is 5.98. The Labute approximate surface area is 225 Å². The topological polar surface area (TPSA) is 50.1 Å². The third-order valence-electron chi connectivity index (χ3n) is 7.47. The Morgan fingerprint density at radius 1 is 0.947 bits per heavy atom. The number of nitrogens with zero attached hydrogens (tertiary/aromatic N) is 4. The second-order valence-electron chi connectivity index (χ2n) is 10.9. The Bertz CT molecular complexity index is 1430. The number of hydrogen-bond donors (Lipinski definition) is 0. The van der Waals surface area contributed by atoms with E-state index < -0.39 is 0 Å². The Balaban J connectivity index is 1.50. The summed E-state index contributed by atoms with van der Waals surface area (Å²) in [5, 5.41) is 0. The maximum atomic E-state index is 12.6. The van der Waals surface area contributed by atoms with Gasteiger partial charge >= 0.3 is 0 Å². The fraction of sp³-hybridized carbons (Fsp3) is 0.375. The van der Waals surface area contributed by atoms with Gasteiger partial charge in [0.25, 0.3) is 0 Å². The number of aromatic nitrogens is 2. The van der Waals surface area contributed by atoms with E-state index in [1.807, 2.05) is 17.0 Å². The maximum Gasteiger partial charge on any atom is 0.222 e. The second kappa shape index (κ2) is 11.0. The lowest BCUT2D eigenvalue weighted by Gasteiger charge is -2.35. The molecule has 0 radical (unpaired) electrons. The number of benzene rings is 2. The minimum Gasteiger partial charge on any atom is -0.497 e. The van der Waals surface area contributed by atoms with E-state index in [0.29, 0.717) is 12.3 Å². The first kappa shape index (κ1) is 26.0. The van der Waals surface area contributed by atoms with Crippen molar-refractivity contribution < 1.29 is 9.53 Å². The molecule has 2 aromatic heterocycles. The maximum absolute atomic E-state index is 12.6. The Hall–Kier alpha value is -3.64. The van der Waals surface area contributed by atoms with E-state index >= 15 is 0 Å². The molecule has 1 aliphatic heterocycles. The van der Waals surface area contributed by atoms with Crippen LogP contribution < -0.4 is 4.74 Å². The predicted molar refractivity (Wildman–Crippen MR) is 153 cm³/mol. The van der Waals surface area contributed by atoms with Crippen molar-refractivity contribution in [2.24, 2.45) is 5.92 Å². The van der Waals surface area contributed by atoms with E-state index in [-0.39, 0.29) is 5.91 Å². The molecule has 0 atom stereocenters. The zero-order chi connectivity index (χ0) is 26.8. The van der Waals surface area contributed by atoms with Gasteiger partial charge in [-0.2, -0.15) is 0 Å². The number of rotatable bonds is 7. The van der Waals surface area contributed by atoms with Crippen LogP contribution in [-0.4, -0.2) is 58.4 Å². The zero-order valence-corrected chi connectivity index (χ0v) is 23.2. The molecule has 0 aliphatic carbocycles. The number of methoxy groups -OCH3 is 1. The van der Waals surface area contributed by atoms with Crippen LogP contribution >= 0.6 is 0 Å². The first-order valence-corrected chi connectivity index (χ1v) is 13.6. The molecule has 1 aliphatic rings. The molecule has 0 unspecified atom stereocenters. The van der Waals surface area contributed by atoms with Gasteiger partial charge in [-0.05, 0) is 72.9 Å². The highest BCUT2D eigenvalue weighted by atomic mass is 16.5. The van der Waals surface area contributed by atoms with Crippen molar-refractivity contribution in [3.63, 3.8) is 0 Å². The molecule has 0 saturated carbocycles. The third kappa shape index (κ3) is 5.46. The van der Waals surface area contributed by atoms with Gasteiger partial charge < -0.3 is 14.0 Å². The Morgan fingerprint density at radius 3 is 2.34 bits per heavy atom. The van der Waals surface area contributed by atoms with Crippen LogP contribution in [0, 0.1) is 19.8 Å². The number of hydrogen-bond acceptors (Lipinski definition) is 4. The molecular formula is C32H38N4O2. The highest BCUT2D eigenvalue weighted by Crippen LogP contribution is 2.31. The summed E-state index contributed by atoms with van der Waals surface area (Å²) in [4.78, 5) is 22.2. The van der Waals surface area contributed by atoms with Crippen molar-refractivity contribution in [3.8, 4) is 28.1 Å². The number of carbonyl (C=O) groups excluding carboxylic acids is 1. The van der Waals surface area contributed by atoms with Gasteiger partial charge in [-0.25, -0.2) is 4.98 Å². The number of pyridine rings is 1. The average Bonchev–Trinajstić information content (AvgIpc) is 3.27. The molecule has 0 bridgehead atoms. The van der Waals surface area contributed by atoms with E-state index in [9.17, 15) is 4.79 Å². The smallest absolute Gasteiger partial charge is 0.222 e. The van der Waals surface area contributed by atoms with E-state index in [1.54, 1.807) is 7.11 Å². The number of carbonyl (C=O) groups is 1. The minimum absolute atomic E-state index is 0.270. The molecular weight excluding hydrogens is 472 g/mol. The van der Waals surface area contributed by atoms with Crippen molar-refractivity contribution in [2.45, 2.75) is 40.7 Å².